The predicted octanol–water partition coefficient (Wildman–Crippen LogP) is 3.51. The number of carbonyl (C=O) groups is 1. The van der Waals surface area contributed by atoms with E-state index in [-0.39, 0.29) is 5.63 Å². The van der Waals surface area contributed by atoms with Crippen molar-refractivity contribution in [2.24, 2.45) is 0 Å². The lowest BCUT2D eigenvalue weighted by atomic mass is 10.1. The van der Waals surface area contributed by atoms with Crippen molar-refractivity contribution in [1.29, 1.82) is 0 Å². The standard InChI is InChI=1S/C16H13NO4/c1-2-20-16(19)17-10-7-8-14-13(9-10)11-5-3-4-6-12(11)15(18)21-14/h3-9H,2H2,1H3,(H,17,19). The largest absolute Gasteiger partial charge is 0.450 e. The number of carbonyl (C=O) groups excluding carboxylic acids is 1. The lowest BCUT2D eigenvalue weighted by molar-refractivity contribution is 0.168. The van der Waals surface area contributed by atoms with Crippen LogP contribution in [-0.2, 0) is 4.74 Å². The Labute approximate surface area is 120 Å². The third-order valence-corrected chi connectivity index (χ3v) is 3.14. The van der Waals surface area contributed by atoms with Crippen LogP contribution in [0.15, 0.2) is 51.7 Å². The van der Waals surface area contributed by atoms with E-state index in [0.717, 1.165) is 10.8 Å². The van der Waals surface area contributed by atoms with Crippen LogP contribution in [0.1, 0.15) is 6.92 Å². The molecule has 0 bridgehead atoms. The minimum atomic E-state index is -0.515. The highest BCUT2D eigenvalue weighted by molar-refractivity contribution is 6.05. The molecule has 21 heavy (non-hydrogen) atoms. The zero-order chi connectivity index (χ0) is 14.8. The first-order valence-corrected chi connectivity index (χ1v) is 6.58. The second-order valence-corrected chi connectivity index (χ2v) is 4.49. The maximum absolute atomic E-state index is 11.9. The highest BCUT2D eigenvalue weighted by Gasteiger charge is 2.09. The number of ether oxygens (including phenoxy) is 1. The average Bonchev–Trinajstić information content (AvgIpc) is 2.48. The van der Waals surface area contributed by atoms with Gasteiger partial charge in [0.05, 0.1) is 12.0 Å². The van der Waals surface area contributed by atoms with Crippen LogP contribution in [-0.4, -0.2) is 12.7 Å². The summed E-state index contributed by atoms with van der Waals surface area (Å²) in [6, 6.07) is 12.3. The molecule has 0 fully saturated rings. The molecule has 0 aliphatic rings. The Morgan fingerprint density at radius 3 is 2.67 bits per heavy atom. The van der Waals surface area contributed by atoms with Crippen LogP contribution in [0.4, 0.5) is 10.5 Å². The molecule has 1 heterocycles. The van der Waals surface area contributed by atoms with Crippen LogP contribution in [0.2, 0.25) is 0 Å². The molecular formula is C16H13NO4. The molecule has 0 atom stereocenters. The number of amides is 1. The number of hydrogen-bond donors (Lipinski definition) is 1. The zero-order valence-corrected chi connectivity index (χ0v) is 11.4. The van der Waals surface area contributed by atoms with Crippen molar-refractivity contribution in [2.45, 2.75) is 6.92 Å². The summed E-state index contributed by atoms with van der Waals surface area (Å²) >= 11 is 0. The van der Waals surface area contributed by atoms with Gasteiger partial charge in [0.15, 0.2) is 0 Å². The van der Waals surface area contributed by atoms with Crippen molar-refractivity contribution in [3.63, 3.8) is 0 Å². The van der Waals surface area contributed by atoms with Crippen molar-refractivity contribution in [1.82, 2.24) is 0 Å². The minimum Gasteiger partial charge on any atom is -0.450 e. The number of anilines is 1. The van der Waals surface area contributed by atoms with Crippen molar-refractivity contribution < 1.29 is 13.9 Å². The van der Waals surface area contributed by atoms with Gasteiger partial charge in [-0.2, -0.15) is 0 Å². The molecule has 3 aromatic rings. The van der Waals surface area contributed by atoms with E-state index in [2.05, 4.69) is 5.32 Å². The molecule has 3 rings (SSSR count). The fourth-order valence-corrected chi connectivity index (χ4v) is 2.24. The molecule has 0 saturated carbocycles. The van der Waals surface area contributed by atoms with Gasteiger partial charge in [-0.1, -0.05) is 18.2 Å². The molecule has 1 amide bonds. The van der Waals surface area contributed by atoms with E-state index < -0.39 is 6.09 Å². The van der Waals surface area contributed by atoms with Crippen LogP contribution in [0, 0.1) is 0 Å². The number of rotatable bonds is 2. The van der Waals surface area contributed by atoms with Crippen molar-refractivity contribution in [3.05, 3.63) is 52.9 Å². The lowest BCUT2D eigenvalue weighted by Gasteiger charge is -2.07. The Hall–Kier alpha value is -2.82. The first-order valence-electron chi connectivity index (χ1n) is 6.58. The maximum Gasteiger partial charge on any atom is 0.411 e. The van der Waals surface area contributed by atoms with Gasteiger partial charge in [-0.05, 0) is 36.6 Å². The summed E-state index contributed by atoms with van der Waals surface area (Å²) in [5.74, 6) is 0. The zero-order valence-electron chi connectivity index (χ0n) is 11.4. The summed E-state index contributed by atoms with van der Waals surface area (Å²) < 4.78 is 10.1. The molecule has 2 aromatic carbocycles. The Balaban J connectivity index is 2.16. The van der Waals surface area contributed by atoms with E-state index in [9.17, 15) is 9.59 Å². The lowest BCUT2D eigenvalue weighted by Crippen LogP contribution is -2.13. The van der Waals surface area contributed by atoms with Crippen LogP contribution in [0.25, 0.3) is 21.7 Å². The molecule has 1 aromatic heterocycles. The Morgan fingerprint density at radius 1 is 1.14 bits per heavy atom. The van der Waals surface area contributed by atoms with Crippen LogP contribution < -0.4 is 10.9 Å². The molecule has 0 aliphatic carbocycles. The smallest absolute Gasteiger partial charge is 0.411 e. The van der Waals surface area contributed by atoms with E-state index in [4.69, 9.17) is 9.15 Å². The molecule has 1 N–H and O–H groups in total. The minimum absolute atomic E-state index is 0.303. The van der Waals surface area contributed by atoms with Gasteiger partial charge in [0.1, 0.15) is 5.58 Å². The highest BCUT2D eigenvalue weighted by atomic mass is 16.5. The van der Waals surface area contributed by atoms with Crippen LogP contribution >= 0.6 is 0 Å². The molecule has 0 radical (unpaired) electrons. The van der Waals surface area contributed by atoms with Gasteiger partial charge in [0.25, 0.3) is 0 Å². The fourth-order valence-electron chi connectivity index (χ4n) is 2.24. The molecule has 0 aliphatic heterocycles. The van der Waals surface area contributed by atoms with E-state index in [1.54, 1.807) is 37.3 Å². The van der Waals surface area contributed by atoms with E-state index >= 15 is 0 Å². The Morgan fingerprint density at radius 2 is 1.90 bits per heavy atom. The van der Waals surface area contributed by atoms with E-state index in [1.165, 1.54) is 0 Å². The molecule has 0 spiro atoms. The number of benzene rings is 2. The van der Waals surface area contributed by atoms with E-state index in [0.29, 0.717) is 23.3 Å². The molecule has 0 unspecified atom stereocenters. The van der Waals surface area contributed by atoms with E-state index in [1.807, 2.05) is 12.1 Å². The Kier molecular flexibility index (Phi) is 3.31. The topological polar surface area (TPSA) is 68.5 Å². The van der Waals surface area contributed by atoms with Gasteiger partial charge < -0.3 is 9.15 Å². The molecule has 5 heteroatoms. The highest BCUT2D eigenvalue weighted by Crippen LogP contribution is 2.25. The number of nitrogens with one attached hydrogen (secondary N) is 1. The van der Waals surface area contributed by atoms with Gasteiger partial charge in [-0.15, -0.1) is 0 Å². The third-order valence-electron chi connectivity index (χ3n) is 3.14. The summed E-state index contributed by atoms with van der Waals surface area (Å²) in [6.07, 6.45) is -0.515. The summed E-state index contributed by atoms with van der Waals surface area (Å²) in [4.78, 5) is 23.3. The van der Waals surface area contributed by atoms with Crippen LogP contribution in [0.5, 0.6) is 0 Å². The number of hydrogen-bond acceptors (Lipinski definition) is 4. The second kappa shape index (κ2) is 5.28. The van der Waals surface area contributed by atoms with Gasteiger partial charge in [0, 0.05) is 11.1 Å². The maximum atomic E-state index is 11.9. The van der Waals surface area contributed by atoms with Crippen molar-refractivity contribution in [3.8, 4) is 0 Å². The van der Waals surface area contributed by atoms with Gasteiger partial charge in [-0.25, -0.2) is 9.59 Å². The summed E-state index contributed by atoms with van der Waals surface area (Å²) in [5, 5.41) is 4.70. The summed E-state index contributed by atoms with van der Waals surface area (Å²) in [7, 11) is 0. The van der Waals surface area contributed by atoms with Crippen LogP contribution in [0.3, 0.4) is 0 Å². The van der Waals surface area contributed by atoms with Crippen molar-refractivity contribution in [2.75, 3.05) is 11.9 Å². The Bertz CT molecular complexity index is 882. The SMILES string of the molecule is CCOC(=O)Nc1ccc2oc(=O)c3ccccc3c2c1. The normalized spacial score (nSPS) is 10.7. The second-order valence-electron chi connectivity index (χ2n) is 4.49. The third kappa shape index (κ3) is 2.45. The van der Waals surface area contributed by atoms with Crippen molar-refractivity contribution >= 4 is 33.5 Å². The molecular weight excluding hydrogens is 270 g/mol. The van der Waals surface area contributed by atoms with Gasteiger partial charge in [-0.3, -0.25) is 5.32 Å². The van der Waals surface area contributed by atoms with Gasteiger partial charge in [0.2, 0.25) is 0 Å². The summed E-state index contributed by atoms with van der Waals surface area (Å²) in [6.45, 7) is 2.04. The average molecular weight is 283 g/mol. The first-order chi connectivity index (χ1) is 10.2. The van der Waals surface area contributed by atoms with Gasteiger partial charge >= 0.3 is 11.7 Å². The predicted molar refractivity (Wildman–Crippen MR) is 80.6 cm³/mol. The first kappa shape index (κ1) is 13.2. The number of fused-ring (bicyclic) bond motifs is 3. The molecule has 106 valence electrons. The molecule has 5 nitrogen and oxygen atoms in total. The monoisotopic (exact) mass is 283 g/mol. The fraction of sp³-hybridized carbons (Fsp3) is 0.125. The molecule has 0 saturated heterocycles. The quantitative estimate of drug-likeness (QED) is 0.577. The summed E-state index contributed by atoms with van der Waals surface area (Å²) in [5.41, 5.74) is 0.692.